The maximum absolute atomic E-state index is 3.85. The first kappa shape index (κ1) is 16.0. The Hall–Kier alpha value is -2.16. The van der Waals surface area contributed by atoms with Gasteiger partial charge in [0.2, 0.25) is 0 Å². The Morgan fingerprint density at radius 3 is 1.81 bits per heavy atom. The Bertz CT molecular complexity index is 1300. The van der Waals surface area contributed by atoms with Gasteiger partial charge >= 0.3 is 0 Å². The van der Waals surface area contributed by atoms with E-state index in [0.29, 0.717) is 0 Å². The molecule has 2 heteroatoms. The van der Waals surface area contributed by atoms with E-state index in [2.05, 4.69) is 117 Å². The van der Waals surface area contributed by atoms with Gasteiger partial charge in [0, 0.05) is 8.95 Å². The fourth-order valence-corrected chi connectivity index (χ4v) is 5.08. The minimum absolute atomic E-state index is 1.15. The van der Waals surface area contributed by atoms with Crippen LogP contribution in [0.2, 0.25) is 0 Å². The standard InChI is InChI=1S/C24H14Br2/c25-23-19-9-3-4-10-20(19)24(26)22-14-16(12-13-21(22)23)18-11-5-7-15-6-1-2-8-17(15)18/h1-14H. The first-order valence-corrected chi connectivity index (χ1v) is 10.1. The second-order valence-corrected chi connectivity index (χ2v) is 8.05. The maximum Gasteiger partial charge on any atom is 0.0333 e. The molecule has 0 spiro atoms. The van der Waals surface area contributed by atoms with Crippen molar-refractivity contribution in [3.8, 4) is 11.1 Å². The van der Waals surface area contributed by atoms with E-state index in [0.717, 1.165) is 8.95 Å². The van der Waals surface area contributed by atoms with E-state index in [-0.39, 0.29) is 0 Å². The van der Waals surface area contributed by atoms with E-state index in [1.54, 1.807) is 0 Å². The predicted molar refractivity (Wildman–Crippen MR) is 120 cm³/mol. The van der Waals surface area contributed by atoms with E-state index in [9.17, 15) is 0 Å². The molecule has 124 valence electrons. The summed E-state index contributed by atoms with van der Waals surface area (Å²) in [6.07, 6.45) is 0. The number of hydrogen-bond donors (Lipinski definition) is 0. The van der Waals surface area contributed by atoms with Crippen LogP contribution in [0, 0.1) is 0 Å². The van der Waals surface area contributed by atoms with Gasteiger partial charge in [-0.1, -0.05) is 78.9 Å². The van der Waals surface area contributed by atoms with Gasteiger partial charge in [0.25, 0.3) is 0 Å². The molecule has 0 N–H and O–H groups in total. The van der Waals surface area contributed by atoms with Gasteiger partial charge in [-0.2, -0.15) is 0 Å². The SMILES string of the molecule is Brc1c2ccccc2c(Br)c2cc(-c3cccc4ccccc34)ccc12. The van der Waals surface area contributed by atoms with Gasteiger partial charge < -0.3 is 0 Å². The minimum Gasteiger partial charge on any atom is -0.0616 e. The lowest BCUT2D eigenvalue weighted by atomic mass is 9.95. The van der Waals surface area contributed by atoms with Crippen LogP contribution in [-0.4, -0.2) is 0 Å². The van der Waals surface area contributed by atoms with Crippen molar-refractivity contribution in [1.29, 1.82) is 0 Å². The number of rotatable bonds is 1. The molecule has 26 heavy (non-hydrogen) atoms. The highest BCUT2D eigenvalue weighted by molar-refractivity contribution is 9.11. The van der Waals surface area contributed by atoms with Crippen LogP contribution in [0.4, 0.5) is 0 Å². The van der Waals surface area contributed by atoms with Gasteiger partial charge in [0.1, 0.15) is 0 Å². The summed E-state index contributed by atoms with van der Waals surface area (Å²) in [6, 6.07) is 30.3. The van der Waals surface area contributed by atoms with Crippen LogP contribution in [0.25, 0.3) is 43.4 Å². The van der Waals surface area contributed by atoms with E-state index in [1.807, 2.05) is 0 Å². The molecule has 0 amide bonds. The molecule has 0 fully saturated rings. The summed E-state index contributed by atoms with van der Waals surface area (Å²) in [4.78, 5) is 0. The molecule has 0 saturated heterocycles. The quantitative estimate of drug-likeness (QED) is 0.220. The number of hydrogen-bond acceptors (Lipinski definition) is 0. The van der Waals surface area contributed by atoms with Crippen molar-refractivity contribution in [2.75, 3.05) is 0 Å². The van der Waals surface area contributed by atoms with Crippen molar-refractivity contribution in [2.45, 2.75) is 0 Å². The fraction of sp³-hybridized carbons (Fsp3) is 0. The summed E-state index contributed by atoms with van der Waals surface area (Å²) < 4.78 is 2.30. The van der Waals surface area contributed by atoms with Crippen LogP contribution in [0.3, 0.4) is 0 Å². The number of fused-ring (bicyclic) bond motifs is 3. The number of halogens is 2. The molecule has 0 aliphatic carbocycles. The Kier molecular flexibility index (Phi) is 3.84. The van der Waals surface area contributed by atoms with Gasteiger partial charge in [0.05, 0.1) is 0 Å². The summed E-state index contributed by atoms with van der Waals surface area (Å²) >= 11 is 7.67. The lowest BCUT2D eigenvalue weighted by molar-refractivity contribution is 1.67. The van der Waals surface area contributed by atoms with Crippen molar-refractivity contribution in [3.63, 3.8) is 0 Å². The Morgan fingerprint density at radius 1 is 0.462 bits per heavy atom. The minimum atomic E-state index is 1.15. The normalized spacial score (nSPS) is 11.5. The molecule has 0 heterocycles. The lowest BCUT2D eigenvalue weighted by Gasteiger charge is -2.13. The zero-order chi connectivity index (χ0) is 17.7. The van der Waals surface area contributed by atoms with Crippen molar-refractivity contribution in [1.82, 2.24) is 0 Å². The molecule has 0 bridgehead atoms. The first-order valence-electron chi connectivity index (χ1n) is 8.51. The summed E-state index contributed by atoms with van der Waals surface area (Å²) in [5.74, 6) is 0. The second kappa shape index (κ2) is 6.22. The first-order chi connectivity index (χ1) is 12.7. The van der Waals surface area contributed by atoms with Crippen LogP contribution < -0.4 is 0 Å². The van der Waals surface area contributed by atoms with E-state index in [1.165, 1.54) is 43.4 Å². The molecule has 5 aromatic rings. The third-order valence-electron chi connectivity index (χ3n) is 4.99. The van der Waals surface area contributed by atoms with Crippen LogP contribution in [0.15, 0.2) is 93.9 Å². The molecular formula is C24H14Br2. The second-order valence-electron chi connectivity index (χ2n) is 6.46. The van der Waals surface area contributed by atoms with Crippen LogP contribution in [0.1, 0.15) is 0 Å². The third kappa shape index (κ3) is 2.40. The van der Waals surface area contributed by atoms with Crippen LogP contribution in [-0.2, 0) is 0 Å². The zero-order valence-corrected chi connectivity index (χ0v) is 17.0. The predicted octanol–water partition coefficient (Wildman–Crippen LogP) is 8.34. The molecule has 0 atom stereocenters. The summed E-state index contributed by atoms with van der Waals surface area (Å²) in [5, 5.41) is 7.45. The molecule has 0 unspecified atom stereocenters. The monoisotopic (exact) mass is 460 g/mol. The van der Waals surface area contributed by atoms with Gasteiger partial charge in [-0.05, 0) is 81.4 Å². The molecule has 0 aliphatic heterocycles. The Labute approximate surface area is 168 Å². The van der Waals surface area contributed by atoms with Gasteiger partial charge in [0.15, 0.2) is 0 Å². The molecular weight excluding hydrogens is 448 g/mol. The molecule has 0 saturated carbocycles. The van der Waals surface area contributed by atoms with E-state index in [4.69, 9.17) is 0 Å². The largest absolute Gasteiger partial charge is 0.0616 e. The van der Waals surface area contributed by atoms with Gasteiger partial charge in [-0.3, -0.25) is 0 Å². The fourth-order valence-electron chi connectivity index (χ4n) is 3.72. The average Bonchev–Trinajstić information content (AvgIpc) is 2.71. The smallest absolute Gasteiger partial charge is 0.0333 e. The Morgan fingerprint density at radius 2 is 1.04 bits per heavy atom. The summed E-state index contributed by atoms with van der Waals surface area (Å²) in [7, 11) is 0. The zero-order valence-electron chi connectivity index (χ0n) is 13.8. The lowest BCUT2D eigenvalue weighted by Crippen LogP contribution is -1.86. The molecule has 0 aliphatic rings. The highest BCUT2D eigenvalue weighted by Gasteiger charge is 2.12. The van der Waals surface area contributed by atoms with Gasteiger partial charge in [-0.25, -0.2) is 0 Å². The topological polar surface area (TPSA) is 0 Å². The van der Waals surface area contributed by atoms with Crippen LogP contribution >= 0.6 is 31.9 Å². The van der Waals surface area contributed by atoms with Crippen molar-refractivity contribution >= 4 is 64.2 Å². The van der Waals surface area contributed by atoms with Gasteiger partial charge in [-0.15, -0.1) is 0 Å². The summed E-state index contributed by atoms with van der Waals surface area (Å²) in [5.41, 5.74) is 2.50. The van der Waals surface area contributed by atoms with Crippen molar-refractivity contribution in [2.24, 2.45) is 0 Å². The van der Waals surface area contributed by atoms with E-state index >= 15 is 0 Å². The summed E-state index contributed by atoms with van der Waals surface area (Å²) in [6.45, 7) is 0. The van der Waals surface area contributed by atoms with Crippen molar-refractivity contribution < 1.29 is 0 Å². The molecule has 5 rings (SSSR count). The average molecular weight is 462 g/mol. The Balaban J connectivity index is 1.86. The maximum atomic E-state index is 3.85. The molecule has 5 aromatic carbocycles. The molecule has 0 radical (unpaired) electrons. The third-order valence-corrected chi connectivity index (χ3v) is 6.70. The highest BCUT2D eigenvalue weighted by Crippen LogP contribution is 2.41. The highest BCUT2D eigenvalue weighted by atomic mass is 79.9. The van der Waals surface area contributed by atoms with E-state index < -0.39 is 0 Å². The molecule has 0 aromatic heterocycles. The number of benzene rings is 5. The van der Waals surface area contributed by atoms with Crippen molar-refractivity contribution in [3.05, 3.63) is 93.9 Å². The molecule has 0 nitrogen and oxygen atoms in total. The van der Waals surface area contributed by atoms with Crippen LogP contribution in [0.5, 0.6) is 0 Å².